The van der Waals surface area contributed by atoms with Gasteiger partial charge in [0.25, 0.3) is 5.91 Å². The maximum atomic E-state index is 12.0. The minimum Gasteiger partial charge on any atom is -0.477 e. The molecule has 0 atom stereocenters. The zero-order valence-electron chi connectivity index (χ0n) is 11.0. The number of amides is 2. The van der Waals surface area contributed by atoms with Crippen molar-refractivity contribution in [1.29, 1.82) is 0 Å². The number of pyridine rings is 1. The van der Waals surface area contributed by atoms with Gasteiger partial charge in [0.1, 0.15) is 5.69 Å². The average Bonchev–Trinajstić information content (AvgIpc) is 3.21. The van der Waals surface area contributed by atoms with Crippen molar-refractivity contribution in [2.45, 2.75) is 18.9 Å². The number of nitrogens with one attached hydrogen (secondary N) is 1. The van der Waals surface area contributed by atoms with E-state index in [-0.39, 0.29) is 35.7 Å². The van der Waals surface area contributed by atoms with Gasteiger partial charge in [-0.25, -0.2) is 9.78 Å². The maximum absolute atomic E-state index is 12.0. The molecule has 2 amide bonds. The molecule has 7 nitrogen and oxygen atoms in total. The monoisotopic (exact) mass is 277 g/mol. The van der Waals surface area contributed by atoms with Gasteiger partial charge >= 0.3 is 5.97 Å². The lowest BCUT2D eigenvalue weighted by Gasteiger charge is -2.16. The molecule has 2 rings (SSSR count). The lowest BCUT2D eigenvalue weighted by atomic mass is 10.2. The normalized spacial score (nSPS) is 13.7. The van der Waals surface area contributed by atoms with Crippen LogP contribution in [0.15, 0.2) is 18.3 Å². The summed E-state index contributed by atoms with van der Waals surface area (Å²) in [5.41, 5.74) is 0.118. The van der Waals surface area contributed by atoms with Crippen molar-refractivity contribution >= 4 is 17.8 Å². The second-order valence-corrected chi connectivity index (χ2v) is 4.74. The molecule has 1 heterocycles. The average molecular weight is 277 g/mol. The summed E-state index contributed by atoms with van der Waals surface area (Å²) in [5, 5.41) is 11.5. The van der Waals surface area contributed by atoms with E-state index in [2.05, 4.69) is 10.3 Å². The number of carbonyl (C=O) groups is 3. The van der Waals surface area contributed by atoms with Crippen molar-refractivity contribution in [1.82, 2.24) is 15.2 Å². The van der Waals surface area contributed by atoms with Crippen LogP contribution in [0, 0.1) is 0 Å². The SMILES string of the molecule is CN(CC(=O)NC1CC1)C(=O)c1ccc(C(=O)O)nc1. The third-order valence-corrected chi connectivity index (χ3v) is 2.90. The fraction of sp³-hybridized carbons (Fsp3) is 0.385. The Balaban J connectivity index is 1.94. The smallest absolute Gasteiger partial charge is 0.354 e. The van der Waals surface area contributed by atoms with Crippen molar-refractivity contribution in [3.63, 3.8) is 0 Å². The Morgan fingerprint density at radius 3 is 2.60 bits per heavy atom. The van der Waals surface area contributed by atoms with E-state index >= 15 is 0 Å². The lowest BCUT2D eigenvalue weighted by molar-refractivity contribution is -0.121. The summed E-state index contributed by atoms with van der Waals surface area (Å²) >= 11 is 0. The molecule has 0 bridgehead atoms. The van der Waals surface area contributed by atoms with E-state index in [1.165, 1.54) is 30.3 Å². The summed E-state index contributed by atoms with van der Waals surface area (Å²) in [7, 11) is 1.51. The van der Waals surface area contributed by atoms with Crippen LogP contribution in [-0.4, -0.2) is 52.4 Å². The van der Waals surface area contributed by atoms with Gasteiger partial charge in [0.05, 0.1) is 12.1 Å². The minimum absolute atomic E-state index is 0.0317. The predicted octanol–water partition coefficient (Wildman–Crippen LogP) is 0.130. The topological polar surface area (TPSA) is 99.6 Å². The zero-order valence-corrected chi connectivity index (χ0v) is 11.0. The number of carbonyl (C=O) groups excluding carboxylic acids is 2. The van der Waals surface area contributed by atoms with Crippen LogP contribution in [-0.2, 0) is 4.79 Å². The first-order chi connectivity index (χ1) is 9.47. The molecule has 1 aliphatic rings. The molecule has 0 saturated heterocycles. The highest BCUT2D eigenvalue weighted by atomic mass is 16.4. The molecular formula is C13H15N3O4. The summed E-state index contributed by atoms with van der Waals surface area (Å²) < 4.78 is 0. The molecule has 0 radical (unpaired) electrons. The summed E-state index contributed by atoms with van der Waals surface area (Å²) in [6, 6.07) is 2.89. The molecule has 0 aliphatic heterocycles. The first kappa shape index (κ1) is 14.0. The molecule has 1 aromatic rings. The highest BCUT2D eigenvalue weighted by Gasteiger charge is 2.24. The van der Waals surface area contributed by atoms with E-state index in [9.17, 15) is 14.4 Å². The van der Waals surface area contributed by atoms with Gasteiger partial charge in [-0.1, -0.05) is 0 Å². The lowest BCUT2D eigenvalue weighted by Crippen LogP contribution is -2.39. The first-order valence-corrected chi connectivity index (χ1v) is 6.21. The van der Waals surface area contributed by atoms with E-state index in [1.807, 2.05) is 0 Å². The number of hydrogen-bond acceptors (Lipinski definition) is 4. The van der Waals surface area contributed by atoms with E-state index in [1.54, 1.807) is 0 Å². The summed E-state index contributed by atoms with van der Waals surface area (Å²) in [5.74, 6) is -1.72. The molecule has 2 N–H and O–H groups in total. The van der Waals surface area contributed by atoms with Crippen LogP contribution >= 0.6 is 0 Å². The number of nitrogens with zero attached hydrogens (tertiary/aromatic N) is 2. The highest BCUT2D eigenvalue weighted by molar-refractivity contribution is 5.96. The van der Waals surface area contributed by atoms with E-state index in [0.29, 0.717) is 0 Å². The molecule has 0 aromatic carbocycles. The third kappa shape index (κ3) is 3.53. The van der Waals surface area contributed by atoms with Crippen molar-refractivity contribution < 1.29 is 19.5 Å². The van der Waals surface area contributed by atoms with Gasteiger partial charge in [0.15, 0.2) is 0 Å². The Morgan fingerprint density at radius 1 is 1.40 bits per heavy atom. The molecule has 1 aliphatic carbocycles. The number of carboxylic acid groups (broad SMARTS) is 1. The quantitative estimate of drug-likeness (QED) is 0.797. The Labute approximate surface area is 115 Å². The molecule has 0 unspecified atom stereocenters. The Hall–Kier alpha value is -2.44. The summed E-state index contributed by atoms with van der Waals surface area (Å²) in [6.07, 6.45) is 3.18. The molecule has 0 spiro atoms. The maximum Gasteiger partial charge on any atom is 0.354 e. The van der Waals surface area contributed by atoms with Gasteiger partial charge in [-0.3, -0.25) is 9.59 Å². The largest absolute Gasteiger partial charge is 0.477 e. The van der Waals surface area contributed by atoms with Gasteiger partial charge in [-0.15, -0.1) is 0 Å². The van der Waals surface area contributed by atoms with Gasteiger partial charge in [0, 0.05) is 19.3 Å². The van der Waals surface area contributed by atoms with Crippen LogP contribution in [0.1, 0.15) is 33.7 Å². The third-order valence-electron chi connectivity index (χ3n) is 2.90. The first-order valence-electron chi connectivity index (χ1n) is 6.21. The van der Waals surface area contributed by atoms with Crippen molar-refractivity contribution in [2.24, 2.45) is 0 Å². The number of aromatic nitrogens is 1. The van der Waals surface area contributed by atoms with Crippen molar-refractivity contribution in [3.05, 3.63) is 29.6 Å². The Kier molecular flexibility index (Phi) is 3.97. The molecule has 20 heavy (non-hydrogen) atoms. The fourth-order valence-electron chi connectivity index (χ4n) is 1.66. The van der Waals surface area contributed by atoms with E-state index in [4.69, 9.17) is 5.11 Å². The van der Waals surface area contributed by atoms with Crippen LogP contribution in [0.3, 0.4) is 0 Å². The molecular weight excluding hydrogens is 262 g/mol. The van der Waals surface area contributed by atoms with E-state index < -0.39 is 5.97 Å². The number of hydrogen-bond donors (Lipinski definition) is 2. The second kappa shape index (κ2) is 5.68. The van der Waals surface area contributed by atoms with Gasteiger partial charge < -0.3 is 15.3 Å². The van der Waals surface area contributed by atoms with Crippen molar-refractivity contribution in [2.75, 3.05) is 13.6 Å². The molecule has 1 aromatic heterocycles. The Morgan fingerprint density at radius 2 is 2.10 bits per heavy atom. The molecule has 7 heteroatoms. The van der Waals surface area contributed by atoms with Crippen molar-refractivity contribution in [3.8, 4) is 0 Å². The fourth-order valence-corrected chi connectivity index (χ4v) is 1.66. The number of rotatable bonds is 5. The van der Waals surface area contributed by atoms with Gasteiger partial charge in [-0.05, 0) is 25.0 Å². The number of likely N-dealkylation sites (N-methyl/N-ethyl adjacent to an activating group) is 1. The predicted molar refractivity (Wildman–Crippen MR) is 69.3 cm³/mol. The standard InChI is InChI=1S/C13H15N3O4/c1-16(7-11(17)15-9-3-4-9)12(18)8-2-5-10(13(19)20)14-6-8/h2,5-6,9H,3-4,7H2,1H3,(H,15,17)(H,19,20). The molecule has 106 valence electrons. The molecule has 1 saturated carbocycles. The number of carboxylic acids is 1. The highest BCUT2D eigenvalue weighted by Crippen LogP contribution is 2.18. The number of aromatic carboxylic acids is 1. The van der Waals surface area contributed by atoms with Crippen LogP contribution in [0.2, 0.25) is 0 Å². The second-order valence-electron chi connectivity index (χ2n) is 4.74. The summed E-state index contributed by atoms with van der Waals surface area (Å²) in [4.78, 5) is 39.2. The van der Waals surface area contributed by atoms with Crippen LogP contribution in [0.25, 0.3) is 0 Å². The van der Waals surface area contributed by atoms with Gasteiger partial charge in [0.2, 0.25) is 5.91 Å². The zero-order chi connectivity index (χ0) is 14.7. The van der Waals surface area contributed by atoms with E-state index in [0.717, 1.165) is 12.8 Å². The van der Waals surface area contributed by atoms with Crippen LogP contribution in [0.4, 0.5) is 0 Å². The van der Waals surface area contributed by atoms with Crippen LogP contribution < -0.4 is 5.32 Å². The summed E-state index contributed by atoms with van der Waals surface area (Å²) in [6.45, 7) is -0.0317. The van der Waals surface area contributed by atoms with Gasteiger partial charge in [-0.2, -0.15) is 0 Å². The van der Waals surface area contributed by atoms with Crippen LogP contribution in [0.5, 0.6) is 0 Å². The minimum atomic E-state index is -1.15. The Bertz CT molecular complexity index is 537. The molecule has 1 fully saturated rings.